The van der Waals surface area contributed by atoms with Crippen molar-refractivity contribution in [2.75, 3.05) is 26.8 Å². The normalized spacial score (nSPS) is 16.9. The maximum Gasteiger partial charge on any atom is 0.282 e. The molecule has 0 atom stereocenters. The summed E-state index contributed by atoms with van der Waals surface area (Å²) in [6.07, 6.45) is 7.28. The summed E-state index contributed by atoms with van der Waals surface area (Å²) in [4.78, 5) is 14.6. The van der Waals surface area contributed by atoms with Crippen LogP contribution in [-0.2, 0) is 10.7 Å². The van der Waals surface area contributed by atoms with E-state index in [4.69, 9.17) is 20.3 Å². The maximum atomic E-state index is 14.3. The van der Waals surface area contributed by atoms with Crippen LogP contribution >= 0.6 is 27.9 Å². The Balaban J connectivity index is 0.000000221. The van der Waals surface area contributed by atoms with E-state index in [9.17, 15) is 13.6 Å². The molecule has 2 fully saturated rings. The molecular weight excluding hydrogens is 576 g/mol. The van der Waals surface area contributed by atoms with Crippen molar-refractivity contribution >= 4 is 33.8 Å². The molecule has 2 aromatic rings. The second-order valence-electron chi connectivity index (χ2n) is 9.85. The van der Waals surface area contributed by atoms with Gasteiger partial charge in [0.1, 0.15) is 11.5 Å². The molecule has 1 aliphatic carbocycles. The minimum atomic E-state index is -3.23. The van der Waals surface area contributed by atoms with Crippen LogP contribution in [0.25, 0.3) is 0 Å². The summed E-state index contributed by atoms with van der Waals surface area (Å²) in [6.45, 7) is 1.76. The van der Waals surface area contributed by atoms with Crippen LogP contribution in [0.5, 0.6) is 11.5 Å². The number of hydrogen-bond acceptors (Lipinski definition) is 6. The van der Waals surface area contributed by atoms with E-state index in [0.29, 0.717) is 36.2 Å². The zero-order valence-electron chi connectivity index (χ0n) is 21.8. The zero-order valence-corrected chi connectivity index (χ0v) is 24.2. The lowest BCUT2D eigenvalue weighted by molar-refractivity contribution is -0.140. The molecule has 4 N–H and O–H groups in total. The highest BCUT2D eigenvalue weighted by atomic mass is 79.9. The van der Waals surface area contributed by atoms with Crippen molar-refractivity contribution in [1.82, 2.24) is 4.90 Å². The average Bonchev–Trinajstić information content (AvgIpc) is 2.93. The Morgan fingerprint density at radius 3 is 2.34 bits per heavy atom. The standard InChI is InChI=1S/C15H19BrF2N2O2.C13H19NOS/c1-22-13-8-10(2-3-12(13)16)15(17,18)9-14(21)20-6-4-11(19)5-7-20;14-16-13-8-6-12(7-9-13)15-10-11-4-2-1-3-5-11/h2-3,8,11H,4-7,9,19H2,1H3;6-9,11H,1-5,10,14H2. The van der Waals surface area contributed by atoms with Gasteiger partial charge >= 0.3 is 0 Å². The van der Waals surface area contributed by atoms with E-state index in [0.717, 1.165) is 23.2 Å². The molecular formula is C28H38BrF2N3O3S. The Morgan fingerprint density at radius 2 is 1.74 bits per heavy atom. The lowest BCUT2D eigenvalue weighted by Crippen LogP contribution is -2.44. The summed E-state index contributed by atoms with van der Waals surface area (Å²) < 4.78 is 40.1. The van der Waals surface area contributed by atoms with Crippen LogP contribution in [0.3, 0.4) is 0 Å². The summed E-state index contributed by atoms with van der Waals surface area (Å²) in [7, 11) is 1.41. The van der Waals surface area contributed by atoms with Crippen LogP contribution in [0.4, 0.5) is 8.78 Å². The molecule has 0 radical (unpaired) electrons. The van der Waals surface area contributed by atoms with E-state index >= 15 is 0 Å². The van der Waals surface area contributed by atoms with Gasteiger partial charge in [0.25, 0.3) is 5.92 Å². The molecule has 10 heteroatoms. The van der Waals surface area contributed by atoms with Gasteiger partial charge in [-0.25, -0.2) is 8.78 Å². The number of methoxy groups -OCH3 is 1. The predicted molar refractivity (Wildman–Crippen MR) is 152 cm³/mol. The van der Waals surface area contributed by atoms with Crippen molar-refractivity contribution in [1.29, 1.82) is 0 Å². The van der Waals surface area contributed by atoms with Gasteiger partial charge in [0.05, 0.1) is 24.6 Å². The number of rotatable bonds is 8. The van der Waals surface area contributed by atoms with Gasteiger partial charge in [0, 0.05) is 29.6 Å². The number of ether oxygens (including phenoxy) is 2. The van der Waals surface area contributed by atoms with E-state index in [1.54, 1.807) is 0 Å². The van der Waals surface area contributed by atoms with Crippen LogP contribution < -0.4 is 20.3 Å². The zero-order chi connectivity index (χ0) is 27.5. The van der Waals surface area contributed by atoms with Crippen molar-refractivity contribution in [3.63, 3.8) is 0 Å². The maximum absolute atomic E-state index is 14.3. The molecule has 38 heavy (non-hydrogen) atoms. The van der Waals surface area contributed by atoms with Gasteiger partial charge in [-0.15, -0.1) is 0 Å². The number of likely N-dealkylation sites (tertiary alicyclic amines) is 1. The molecule has 1 heterocycles. The summed E-state index contributed by atoms with van der Waals surface area (Å²) in [5.41, 5.74) is 5.53. The van der Waals surface area contributed by atoms with Gasteiger partial charge in [-0.05, 0) is 95.9 Å². The minimum absolute atomic E-state index is 0.0558. The molecule has 0 aromatic heterocycles. The van der Waals surface area contributed by atoms with E-state index in [2.05, 4.69) is 15.9 Å². The number of piperidine rings is 1. The topological polar surface area (TPSA) is 90.8 Å². The first kappa shape index (κ1) is 30.7. The van der Waals surface area contributed by atoms with Crippen molar-refractivity contribution in [2.45, 2.75) is 68.2 Å². The van der Waals surface area contributed by atoms with Gasteiger partial charge in [-0.1, -0.05) is 25.3 Å². The Bertz CT molecular complexity index is 1010. The van der Waals surface area contributed by atoms with Crippen LogP contribution in [0.15, 0.2) is 51.8 Å². The first-order chi connectivity index (χ1) is 18.2. The Kier molecular flexibility index (Phi) is 12.1. The average molecular weight is 615 g/mol. The Hall–Kier alpha value is -1.88. The Labute approximate surface area is 237 Å². The molecule has 1 saturated carbocycles. The third kappa shape index (κ3) is 9.39. The fraction of sp³-hybridized carbons (Fsp3) is 0.536. The van der Waals surface area contributed by atoms with Crippen molar-refractivity contribution < 1.29 is 23.0 Å². The smallest absolute Gasteiger partial charge is 0.282 e. The number of alkyl halides is 2. The molecule has 1 amide bonds. The fourth-order valence-electron chi connectivity index (χ4n) is 4.62. The first-order valence-corrected chi connectivity index (χ1v) is 14.7. The second-order valence-corrected chi connectivity index (χ2v) is 11.4. The monoisotopic (exact) mass is 613 g/mol. The van der Waals surface area contributed by atoms with Crippen LogP contribution in [-0.4, -0.2) is 43.7 Å². The fourth-order valence-corrected chi connectivity index (χ4v) is 5.32. The summed E-state index contributed by atoms with van der Waals surface area (Å²) in [6, 6.07) is 12.1. The molecule has 1 aliphatic heterocycles. The highest BCUT2D eigenvalue weighted by molar-refractivity contribution is 9.10. The molecule has 0 spiro atoms. The predicted octanol–water partition coefficient (Wildman–Crippen LogP) is 6.50. The van der Waals surface area contributed by atoms with Gasteiger partial charge in [0.2, 0.25) is 5.91 Å². The number of halogens is 3. The van der Waals surface area contributed by atoms with Crippen LogP contribution in [0.2, 0.25) is 0 Å². The largest absolute Gasteiger partial charge is 0.496 e. The van der Waals surface area contributed by atoms with Crippen LogP contribution in [0, 0.1) is 5.92 Å². The van der Waals surface area contributed by atoms with E-state index < -0.39 is 18.3 Å². The molecule has 1 saturated heterocycles. The quantitative estimate of drug-likeness (QED) is 0.330. The number of carbonyl (C=O) groups excluding carboxylic acids is 1. The molecule has 2 aromatic carbocycles. The number of hydrogen-bond donors (Lipinski definition) is 2. The van der Waals surface area contributed by atoms with Gasteiger partial charge in [0.15, 0.2) is 0 Å². The van der Waals surface area contributed by atoms with Crippen molar-refractivity contribution in [3.8, 4) is 11.5 Å². The minimum Gasteiger partial charge on any atom is -0.496 e. The van der Waals surface area contributed by atoms with E-state index in [-0.39, 0.29) is 11.6 Å². The van der Waals surface area contributed by atoms with Gasteiger partial charge < -0.3 is 20.1 Å². The molecule has 4 rings (SSSR count). The number of nitrogens with zero attached hydrogens (tertiary/aromatic N) is 1. The highest BCUT2D eigenvalue weighted by Gasteiger charge is 2.37. The van der Waals surface area contributed by atoms with Gasteiger partial charge in [-0.2, -0.15) is 0 Å². The van der Waals surface area contributed by atoms with Gasteiger partial charge in [-0.3, -0.25) is 9.93 Å². The third-order valence-electron chi connectivity index (χ3n) is 7.01. The lowest BCUT2D eigenvalue weighted by atomic mass is 9.90. The number of nitrogens with two attached hydrogens (primary N) is 2. The summed E-state index contributed by atoms with van der Waals surface area (Å²) in [5, 5.41) is 5.47. The molecule has 2 aliphatic rings. The molecule has 210 valence electrons. The molecule has 0 bridgehead atoms. The highest BCUT2D eigenvalue weighted by Crippen LogP contribution is 2.37. The van der Waals surface area contributed by atoms with E-state index in [1.807, 2.05) is 24.3 Å². The molecule has 0 unspecified atom stereocenters. The number of amides is 1. The summed E-state index contributed by atoms with van der Waals surface area (Å²) in [5.74, 6) is -1.74. The summed E-state index contributed by atoms with van der Waals surface area (Å²) >= 11 is 4.49. The third-order valence-corrected chi connectivity index (χ3v) is 8.21. The van der Waals surface area contributed by atoms with Crippen molar-refractivity contribution in [2.24, 2.45) is 16.8 Å². The number of carbonyl (C=O) groups is 1. The van der Waals surface area contributed by atoms with E-state index in [1.165, 1.54) is 74.3 Å². The lowest BCUT2D eigenvalue weighted by Gasteiger charge is -2.31. The van der Waals surface area contributed by atoms with Crippen molar-refractivity contribution in [3.05, 3.63) is 52.5 Å². The SMILES string of the molecule is COc1cc(C(F)(F)CC(=O)N2CCC(N)CC2)ccc1Br.NSc1ccc(OCC2CCCCC2)cc1. The van der Waals surface area contributed by atoms with Crippen LogP contribution in [0.1, 0.15) is 56.9 Å². The first-order valence-electron chi connectivity index (χ1n) is 13.1. The Morgan fingerprint density at radius 1 is 1.08 bits per heavy atom. The number of benzene rings is 2. The molecule has 6 nitrogen and oxygen atoms in total. The second kappa shape index (κ2) is 15.1.